The average molecular weight is 480 g/mol. The third kappa shape index (κ3) is 13.7. The number of rotatable bonds is 17. The Bertz CT molecular complexity index is 643. The second-order valence-electron chi connectivity index (χ2n) is 9.11. The molecule has 0 unspecified atom stereocenters. The molecular formula is C27H49N3O4. The Labute approximate surface area is 207 Å². The van der Waals surface area contributed by atoms with Crippen LogP contribution in [-0.2, 0) is 16.1 Å². The zero-order valence-electron chi connectivity index (χ0n) is 22.4. The summed E-state index contributed by atoms with van der Waals surface area (Å²) in [5, 5.41) is 18.8. The van der Waals surface area contributed by atoms with Gasteiger partial charge in [0.05, 0.1) is 5.41 Å². The molecule has 0 saturated carbocycles. The summed E-state index contributed by atoms with van der Waals surface area (Å²) < 4.78 is 0. The highest BCUT2D eigenvalue weighted by Crippen LogP contribution is 2.34. The van der Waals surface area contributed by atoms with Crippen molar-refractivity contribution in [3.8, 4) is 0 Å². The number of hydrogen-bond acceptors (Lipinski definition) is 5. The van der Waals surface area contributed by atoms with Crippen molar-refractivity contribution in [2.24, 2.45) is 5.41 Å². The molecule has 0 saturated heterocycles. The Morgan fingerprint density at radius 1 is 0.794 bits per heavy atom. The van der Waals surface area contributed by atoms with E-state index in [2.05, 4.69) is 80.8 Å². The van der Waals surface area contributed by atoms with Crippen LogP contribution in [0.3, 0.4) is 0 Å². The second kappa shape index (κ2) is 18.4. The highest BCUT2D eigenvalue weighted by Gasteiger charge is 2.38. The number of hydrogen-bond donors (Lipinski definition) is 2. The van der Waals surface area contributed by atoms with E-state index in [0.29, 0.717) is 25.7 Å². The van der Waals surface area contributed by atoms with Gasteiger partial charge in [0, 0.05) is 13.0 Å². The van der Waals surface area contributed by atoms with Crippen LogP contribution in [0.15, 0.2) is 30.3 Å². The van der Waals surface area contributed by atoms with Gasteiger partial charge >= 0.3 is 11.9 Å². The molecule has 1 aromatic rings. The van der Waals surface area contributed by atoms with Gasteiger partial charge in [0.1, 0.15) is 0 Å². The standard InChI is InChI=1S/C18H36N2O4.C9H13N/c1-5-19(6-2)14-12-18(17(23)24,11-9-10-16(21)22)13-15-20(7-3)8-4;1-10(2)8-9-6-4-3-5-7-9/h5-15H2,1-4H3,(H,21,22)(H,23,24);3-7H,8H2,1-2H3. The summed E-state index contributed by atoms with van der Waals surface area (Å²) in [6, 6.07) is 10.5. The van der Waals surface area contributed by atoms with Gasteiger partial charge in [0.25, 0.3) is 0 Å². The predicted molar refractivity (Wildman–Crippen MR) is 140 cm³/mol. The van der Waals surface area contributed by atoms with Crippen molar-refractivity contribution < 1.29 is 19.8 Å². The molecule has 7 heteroatoms. The van der Waals surface area contributed by atoms with Crippen LogP contribution in [0.5, 0.6) is 0 Å². The monoisotopic (exact) mass is 479 g/mol. The first-order chi connectivity index (χ1) is 16.1. The lowest BCUT2D eigenvalue weighted by Crippen LogP contribution is -2.39. The highest BCUT2D eigenvalue weighted by atomic mass is 16.4. The van der Waals surface area contributed by atoms with E-state index in [4.69, 9.17) is 5.11 Å². The summed E-state index contributed by atoms with van der Waals surface area (Å²) in [7, 11) is 4.15. The Morgan fingerprint density at radius 2 is 1.26 bits per heavy atom. The molecule has 0 atom stereocenters. The van der Waals surface area contributed by atoms with Crippen LogP contribution < -0.4 is 0 Å². The number of aliphatic carboxylic acids is 2. The molecule has 0 spiro atoms. The van der Waals surface area contributed by atoms with E-state index in [1.54, 1.807) is 0 Å². The summed E-state index contributed by atoms with van der Waals surface area (Å²) in [4.78, 5) is 29.5. The van der Waals surface area contributed by atoms with Crippen molar-refractivity contribution >= 4 is 11.9 Å². The molecule has 7 nitrogen and oxygen atoms in total. The van der Waals surface area contributed by atoms with Crippen LogP contribution in [0.1, 0.15) is 65.4 Å². The molecule has 1 aromatic carbocycles. The molecule has 1 rings (SSSR count). The maximum atomic E-state index is 12.1. The van der Waals surface area contributed by atoms with E-state index in [1.807, 2.05) is 6.07 Å². The molecule has 0 aliphatic rings. The summed E-state index contributed by atoms with van der Waals surface area (Å²) >= 11 is 0. The lowest BCUT2D eigenvalue weighted by atomic mass is 9.76. The number of carboxylic acid groups (broad SMARTS) is 2. The fourth-order valence-electron chi connectivity index (χ4n) is 4.05. The minimum Gasteiger partial charge on any atom is -0.481 e. The van der Waals surface area contributed by atoms with Crippen molar-refractivity contribution in [2.45, 2.75) is 66.3 Å². The van der Waals surface area contributed by atoms with Gasteiger partial charge < -0.3 is 24.9 Å². The minimum atomic E-state index is -0.859. The van der Waals surface area contributed by atoms with Crippen molar-refractivity contribution in [1.29, 1.82) is 0 Å². The molecule has 0 fully saturated rings. The summed E-state index contributed by atoms with van der Waals surface area (Å²) in [6.07, 6.45) is 2.02. The quantitative estimate of drug-likeness (QED) is 0.340. The molecule has 0 aliphatic carbocycles. The number of benzene rings is 1. The fourth-order valence-corrected chi connectivity index (χ4v) is 4.05. The van der Waals surface area contributed by atoms with Crippen LogP contribution in [0.25, 0.3) is 0 Å². The molecule has 0 amide bonds. The summed E-state index contributed by atoms with van der Waals surface area (Å²) in [5.74, 6) is -1.64. The predicted octanol–water partition coefficient (Wildman–Crippen LogP) is 4.52. The van der Waals surface area contributed by atoms with E-state index in [9.17, 15) is 14.7 Å². The van der Waals surface area contributed by atoms with E-state index >= 15 is 0 Å². The van der Waals surface area contributed by atoms with Crippen LogP contribution in [-0.4, -0.2) is 90.2 Å². The maximum absolute atomic E-state index is 12.1. The third-order valence-electron chi connectivity index (χ3n) is 6.44. The maximum Gasteiger partial charge on any atom is 0.309 e. The fraction of sp³-hybridized carbons (Fsp3) is 0.704. The lowest BCUT2D eigenvalue weighted by Gasteiger charge is -2.33. The topological polar surface area (TPSA) is 84.3 Å². The number of carbonyl (C=O) groups is 2. The van der Waals surface area contributed by atoms with Gasteiger partial charge in [-0.2, -0.15) is 0 Å². The minimum absolute atomic E-state index is 0.0333. The summed E-state index contributed by atoms with van der Waals surface area (Å²) in [6.45, 7) is 14.4. The van der Waals surface area contributed by atoms with Crippen molar-refractivity contribution in [3.63, 3.8) is 0 Å². The van der Waals surface area contributed by atoms with Crippen molar-refractivity contribution in [3.05, 3.63) is 35.9 Å². The van der Waals surface area contributed by atoms with E-state index < -0.39 is 17.4 Å². The molecule has 0 radical (unpaired) electrons. The van der Waals surface area contributed by atoms with Crippen LogP contribution in [0, 0.1) is 5.41 Å². The number of carboxylic acids is 2. The SMILES string of the molecule is CCN(CC)CCC(CCCC(=O)O)(CCN(CC)CC)C(=O)O.CN(C)Cc1ccccc1. The van der Waals surface area contributed by atoms with Gasteiger partial charge in [-0.1, -0.05) is 58.0 Å². The van der Waals surface area contributed by atoms with Gasteiger partial charge in [0.2, 0.25) is 0 Å². The van der Waals surface area contributed by atoms with E-state index in [-0.39, 0.29) is 6.42 Å². The summed E-state index contributed by atoms with van der Waals surface area (Å²) in [5.41, 5.74) is 0.535. The van der Waals surface area contributed by atoms with E-state index in [1.165, 1.54) is 5.56 Å². The Morgan fingerprint density at radius 3 is 1.62 bits per heavy atom. The largest absolute Gasteiger partial charge is 0.481 e. The second-order valence-corrected chi connectivity index (χ2v) is 9.11. The first-order valence-electron chi connectivity index (χ1n) is 12.7. The van der Waals surface area contributed by atoms with E-state index in [0.717, 1.165) is 45.8 Å². The molecule has 196 valence electrons. The zero-order valence-corrected chi connectivity index (χ0v) is 22.4. The Kier molecular flexibility index (Phi) is 17.3. The molecule has 0 bridgehead atoms. The molecule has 2 N–H and O–H groups in total. The van der Waals surface area contributed by atoms with Crippen LogP contribution >= 0.6 is 0 Å². The highest BCUT2D eigenvalue weighted by molar-refractivity contribution is 5.74. The van der Waals surface area contributed by atoms with Crippen LogP contribution in [0.4, 0.5) is 0 Å². The molecule has 0 aliphatic heterocycles. The Balaban J connectivity index is 0.000000896. The van der Waals surface area contributed by atoms with Gasteiger partial charge in [-0.05, 0) is 84.6 Å². The Hall–Kier alpha value is -1.96. The van der Waals surface area contributed by atoms with Crippen molar-refractivity contribution in [1.82, 2.24) is 14.7 Å². The van der Waals surface area contributed by atoms with Gasteiger partial charge in [-0.25, -0.2) is 0 Å². The van der Waals surface area contributed by atoms with Gasteiger partial charge in [-0.3, -0.25) is 9.59 Å². The van der Waals surface area contributed by atoms with Gasteiger partial charge in [0.15, 0.2) is 0 Å². The smallest absolute Gasteiger partial charge is 0.309 e. The first kappa shape index (κ1) is 32.0. The van der Waals surface area contributed by atoms with Crippen molar-refractivity contribution in [2.75, 3.05) is 53.4 Å². The third-order valence-corrected chi connectivity index (χ3v) is 6.44. The normalized spacial score (nSPS) is 11.6. The van der Waals surface area contributed by atoms with Crippen LogP contribution in [0.2, 0.25) is 0 Å². The molecule has 0 heterocycles. The average Bonchev–Trinajstić information content (AvgIpc) is 2.80. The number of nitrogens with zero attached hydrogens (tertiary/aromatic N) is 3. The molecule has 0 aromatic heterocycles. The molecule has 34 heavy (non-hydrogen) atoms. The van der Waals surface area contributed by atoms with Gasteiger partial charge in [-0.15, -0.1) is 0 Å². The zero-order chi connectivity index (χ0) is 26.0. The molecular weight excluding hydrogens is 430 g/mol. The first-order valence-corrected chi connectivity index (χ1v) is 12.7. The lowest BCUT2D eigenvalue weighted by molar-refractivity contribution is -0.151.